The van der Waals surface area contributed by atoms with E-state index in [4.69, 9.17) is 9.72 Å². The second kappa shape index (κ2) is 8.59. The van der Waals surface area contributed by atoms with Crippen molar-refractivity contribution in [1.82, 2.24) is 9.97 Å². The zero-order chi connectivity index (χ0) is 20.2. The van der Waals surface area contributed by atoms with E-state index in [-0.39, 0.29) is 5.56 Å². The lowest BCUT2D eigenvalue weighted by molar-refractivity contribution is -0.908. The number of quaternary nitrogens is 1. The van der Waals surface area contributed by atoms with E-state index in [1.807, 2.05) is 43.3 Å². The number of aromatic amines is 1. The smallest absolute Gasteiger partial charge is 0.259 e. The van der Waals surface area contributed by atoms with Crippen molar-refractivity contribution in [2.45, 2.75) is 20.0 Å². The fraction of sp³-hybridized carbons (Fsp3) is 0.217. The molecule has 5 nitrogen and oxygen atoms in total. The van der Waals surface area contributed by atoms with E-state index < -0.39 is 0 Å². The second-order valence-corrected chi connectivity index (χ2v) is 8.13. The van der Waals surface area contributed by atoms with Gasteiger partial charge in [0.05, 0.1) is 19.0 Å². The first kappa shape index (κ1) is 19.4. The molecule has 0 amide bonds. The predicted molar refractivity (Wildman–Crippen MR) is 118 cm³/mol. The molecule has 0 spiro atoms. The molecule has 0 radical (unpaired) electrons. The molecule has 2 aromatic carbocycles. The lowest BCUT2D eigenvalue weighted by Crippen LogP contribution is -3.06. The van der Waals surface area contributed by atoms with Crippen LogP contribution in [0.25, 0.3) is 20.7 Å². The van der Waals surface area contributed by atoms with Crippen LogP contribution >= 0.6 is 11.3 Å². The minimum absolute atomic E-state index is 0.0719. The summed E-state index contributed by atoms with van der Waals surface area (Å²) < 4.78 is 5.49. The molecular formula is C23H24N3O2S+. The van der Waals surface area contributed by atoms with Crippen LogP contribution < -0.4 is 15.2 Å². The first-order valence-corrected chi connectivity index (χ1v) is 10.5. The first-order valence-electron chi connectivity index (χ1n) is 9.73. The van der Waals surface area contributed by atoms with Gasteiger partial charge in [-0.05, 0) is 42.8 Å². The molecule has 4 aromatic rings. The third kappa shape index (κ3) is 4.55. The summed E-state index contributed by atoms with van der Waals surface area (Å²) in [5.41, 5.74) is 2.25. The van der Waals surface area contributed by atoms with E-state index in [1.165, 1.54) is 10.5 Å². The van der Waals surface area contributed by atoms with Crippen LogP contribution in [0, 0.1) is 0 Å². The molecule has 0 aliphatic rings. The van der Waals surface area contributed by atoms with Gasteiger partial charge in [0, 0.05) is 10.4 Å². The van der Waals surface area contributed by atoms with Crippen LogP contribution in [0.1, 0.15) is 18.3 Å². The average Bonchev–Trinajstić information content (AvgIpc) is 3.15. The van der Waals surface area contributed by atoms with Gasteiger partial charge in [-0.3, -0.25) is 4.79 Å². The Kier molecular flexibility index (Phi) is 5.74. The summed E-state index contributed by atoms with van der Waals surface area (Å²) in [6.07, 6.45) is 0. The molecule has 148 valence electrons. The Morgan fingerprint density at radius 1 is 1.07 bits per heavy atom. The fourth-order valence-corrected chi connectivity index (χ4v) is 4.43. The summed E-state index contributed by atoms with van der Waals surface area (Å²) in [6, 6.07) is 20.2. The van der Waals surface area contributed by atoms with E-state index in [0.29, 0.717) is 24.4 Å². The number of fused-ring (bicyclic) bond motifs is 1. The van der Waals surface area contributed by atoms with Crippen molar-refractivity contribution in [3.63, 3.8) is 0 Å². The van der Waals surface area contributed by atoms with Crippen LogP contribution in [-0.2, 0) is 13.1 Å². The van der Waals surface area contributed by atoms with Crippen molar-refractivity contribution < 1.29 is 9.64 Å². The van der Waals surface area contributed by atoms with Gasteiger partial charge in [-0.15, -0.1) is 11.3 Å². The quantitative estimate of drug-likeness (QED) is 0.495. The van der Waals surface area contributed by atoms with Gasteiger partial charge in [0.1, 0.15) is 23.7 Å². The number of H-pyrrole nitrogens is 1. The number of hydrogen-bond acceptors (Lipinski definition) is 4. The van der Waals surface area contributed by atoms with Gasteiger partial charge in [0.2, 0.25) is 0 Å². The Morgan fingerprint density at radius 3 is 2.55 bits per heavy atom. The minimum atomic E-state index is -0.0719. The normalized spacial score (nSPS) is 12.2. The number of benzene rings is 2. The van der Waals surface area contributed by atoms with Crippen LogP contribution in [0.15, 0.2) is 65.5 Å². The molecule has 2 aromatic heterocycles. The fourth-order valence-electron chi connectivity index (χ4n) is 3.37. The van der Waals surface area contributed by atoms with E-state index in [0.717, 1.165) is 27.6 Å². The maximum absolute atomic E-state index is 12.6. The lowest BCUT2D eigenvalue weighted by Gasteiger charge is -2.13. The van der Waals surface area contributed by atoms with E-state index in [2.05, 4.69) is 36.3 Å². The number of nitrogens with zero attached hydrogens (tertiary/aromatic N) is 1. The maximum Gasteiger partial charge on any atom is 0.259 e. The highest BCUT2D eigenvalue weighted by molar-refractivity contribution is 7.21. The van der Waals surface area contributed by atoms with Gasteiger partial charge < -0.3 is 14.6 Å². The second-order valence-electron chi connectivity index (χ2n) is 7.10. The van der Waals surface area contributed by atoms with Crippen molar-refractivity contribution in [1.29, 1.82) is 0 Å². The average molecular weight is 407 g/mol. The lowest BCUT2D eigenvalue weighted by atomic mass is 10.2. The monoisotopic (exact) mass is 406 g/mol. The van der Waals surface area contributed by atoms with Crippen molar-refractivity contribution in [2.75, 3.05) is 13.7 Å². The van der Waals surface area contributed by atoms with Gasteiger partial charge in [-0.25, -0.2) is 4.98 Å². The highest BCUT2D eigenvalue weighted by atomic mass is 32.1. The minimum Gasteiger partial charge on any atom is -0.494 e. The van der Waals surface area contributed by atoms with E-state index in [1.54, 1.807) is 11.3 Å². The molecule has 0 saturated carbocycles. The van der Waals surface area contributed by atoms with E-state index >= 15 is 0 Å². The maximum atomic E-state index is 12.6. The van der Waals surface area contributed by atoms with Gasteiger partial charge >= 0.3 is 0 Å². The van der Waals surface area contributed by atoms with Gasteiger partial charge in [0.25, 0.3) is 5.56 Å². The summed E-state index contributed by atoms with van der Waals surface area (Å²) in [4.78, 5) is 23.3. The summed E-state index contributed by atoms with van der Waals surface area (Å²) in [5, 5.41) is 0.654. The standard InChI is InChI=1S/C23H23N3O2S/c1-3-28-18-11-9-16(10-12-18)14-26(2)15-21-24-22(27)19-13-20(29-23(19)25-21)17-7-5-4-6-8-17/h4-13H,3,14-15H2,1-2H3,(H,24,25,27)/p+1. The number of rotatable bonds is 7. The van der Waals surface area contributed by atoms with Crippen molar-refractivity contribution >= 4 is 21.6 Å². The molecule has 0 aliphatic carbocycles. The van der Waals surface area contributed by atoms with Crippen LogP contribution in [0.5, 0.6) is 5.75 Å². The van der Waals surface area contributed by atoms with Crippen molar-refractivity contribution in [2.24, 2.45) is 0 Å². The Labute approximate surface area is 173 Å². The number of nitrogens with one attached hydrogen (secondary N) is 2. The Balaban J connectivity index is 1.51. The summed E-state index contributed by atoms with van der Waals surface area (Å²) in [6.45, 7) is 4.14. The molecule has 0 aliphatic heterocycles. The molecule has 1 atom stereocenters. The first-order chi connectivity index (χ1) is 14.1. The molecule has 6 heteroatoms. The molecule has 0 saturated heterocycles. The zero-order valence-electron chi connectivity index (χ0n) is 16.6. The predicted octanol–water partition coefficient (Wildman–Crippen LogP) is 3.27. The highest BCUT2D eigenvalue weighted by Gasteiger charge is 2.13. The molecule has 0 bridgehead atoms. The van der Waals surface area contributed by atoms with E-state index in [9.17, 15) is 4.79 Å². The molecule has 29 heavy (non-hydrogen) atoms. The molecule has 4 rings (SSSR count). The topological polar surface area (TPSA) is 59.4 Å². The Hall–Kier alpha value is -2.96. The third-order valence-corrected chi connectivity index (χ3v) is 5.80. The summed E-state index contributed by atoms with van der Waals surface area (Å²) in [5.74, 6) is 1.60. The van der Waals surface area contributed by atoms with Crippen LogP contribution in [-0.4, -0.2) is 23.6 Å². The van der Waals surface area contributed by atoms with Crippen LogP contribution in [0.3, 0.4) is 0 Å². The third-order valence-electron chi connectivity index (χ3n) is 4.72. The van der Waals surface area contributed by atoms with Gasteiger partial charge in [-0.1, -0.05) is 30.3 Å². The largest absolute Gasteiger partial charge is 0.494 e. The molecule has 0 fully saturated rings. The Morgan fingerprint density at radius 2 is 1.83 bits per heavy atom. The number of thiophene rings is 1. The molecule has 1 unspecified atom stereocenters. The highest BCUT2D eigenvalue weighted by Crippen LogP contribution is 2.30. The summed E-state index contributed by atoms with van der Waals surface area (Å²) >= 11 is 1.56. The number of hydrogen-bond donors (Lipinski definition) is 2. The van der Waals surface area contributed by atoms with Crippen LogP contribution in [0.2, 0.25) is 0 Å². The van der Waals surface area contributed by atoms with Crippen molar-refractivity contribution in [3.8, 4) is 16.2 Å². The van der Waals surface area contributed by atoms with Gasteiger partial charge in [0.15, 0.2) is 5.82 Å². The molecule has 2 N–H and O–H groups in total. The zero-order valence-corrected chi connectivity index (χ0v) is 17.4. The van der Waals surface area contributed by atoms with Gasteiger partial charge in [-0.2, -0.15) is 0 Å². The van der Waals surface area contributed by atoms with Crippen LogP contribution in [0.4, 0.5) is 0 Å². The number of aromatic nitrogens is 2. The van der Waals surface area contributed by atoms with Crippen molar-refractivity contribution in [3.05, 3.63) is 82.4 Å². The summed E-state index contributed by atoms with van der Waals surface area (Å²) in [7, 11) is 2.10. The molecule has 2 heterocycles. The Bertz CT molecular complexity index is 1150. The molecular weight excluding hydrogens is 382 g/mol. The number of ether oxygens (including phenoxy) is 1. The SMILES string of the molecule is CCOc1ccc(C[NH+](C)Cc2nc3sc(-c4ccccc4)cc3c(=O)[nH]2)cc1.